The quantitative estimate of drug-likeness (QED) is 0.299. The number of aryl methyl sites for hydroxylation is 1. The summed E-state index contributed by atoms with van der Waals surface area (Å²) in [6.07, 6.45) is 6.81. The van der Waals surface area contributed by atoms with Gasteiger partial charge in [-0.05, 0) is 80.8 Å². The van der Waals surface area contributed by atoms with Crippen LogP contribution in [-0.4, -0.2) is 64.9 Å². The Morgan fingerprint density at radius 3 is 2.69 bits per heavy atom. The van der Waals surface area contributed by atoms with Crippen LogP contribution in [0.1, 0.15) is 75.0 Å². The van der Waals surface area contributed by atoms with E-state index in [-0.39, 0.29) is 62.5 Å². The van der Waals surface area contributed by atoms with E-state index in [0.717, 1.165) is 25.7 Å². The van der Waals surface area contributed by atoms with E-state index in [1.165, 1.54) is 28.0 Å². The molecule has 2 fully saturated rings. The Labute approximate surface area is 279 Å². The highest BCUT2D eigenvalue weighted by Gasteiger charge is 2.61. The lowest BCUT2D eigenvalue weighted by atomic mass is 9.91. The summed E-state index contributed by atoms with van der Waals surface area (Å²) in [5, 5.41) is 3.23. The fraction of sp³-hybridized carbons (Fsp3) is 0.514. The number of benzene rings is 2. The number of esters is 1. The van der Waals surface area contributed by atoms with Crippen LogP contribution < -0.4 is 5.32 Å². The molecule has 9 nitrogen and oxygen atoms in total. The van der Waals surface area contributed by atoms with Gasteiger partial charge < -0.3 is 19.7 Å². The number of hydrogen-bond acceptors (Lipinski definition) is 7. The Hall–Kier alpha value is -4.28. The van der Waals surface area contributed by atoms with Crippen molar-refractivity contribution in [3.8, 4) is 0 Å². The lowest BCUT2D eigenvalue weighted by Gasteiger charge is -2.30. The molecule has 3 aliphatic heterocycles. The first-order valence-corrected chi connectivity index (χ1v) is 17.0. The molecule has 0 spiro atoms. The molecule has 6 rings (SSSR count). The van der Waals surface area contributed by atoms with Crippen molar-refractivity contribution in [3.05, 3.63) is 76.9 Å². The van der Waals surface area contributed by atoms with Gasteiger partial charge in [0.15, 0.2) is 5.78 Å². The summed E-state index contributed by atoms with van der Waals surface area (Å²) >= 11 is 0. The second-order valence-corrected chi connectivity index (χ2v) is 13.6. The number of ketones is 1. The summed E-state index contributed by atoms with van der Waals surface area (Å²) in [7, 11) is 0. The first-order valence-electron chi connectivity index (χ1n) is 17.0. The Morgan fingerprint density at radius 2 is 1.92 bits per heavy atom. The number of carbonyl (C=O) groups excluding carboxylic acids is 4. The molecule has 0 aromatic heterocycles. The van der Waals surface area contributed by atoms with E-state index >= 15 is 0 Å². The molecule has 2 amide bonds. The Kier molecular flexibility index (Phi) is 9.85. The summed E-state index contributed by atoms with van der Waals surface area (Å²) in [6, 6.07) is 7.52. The number of allylic oxidation sites excluding steroid dienone is 2. The fourth-order valence-corrected chi connectivity index (χ4v) is 7.48. The van der Waals surface area contributed by atoms with Crippen molar-refractivity contribution in [2.45, 2.75) is 96.5 Å². The zero-order chi connectivity index (χ0) is 34.0. The topological polar surface area (TPSA) is 105 Å². The Bertz CT molecular complexity index is 1590. The van der Waals surface area contributed by atoms with Crippen LogP contribution in [0, 0.1) is 29.9 Å². The molecular weight excluding hydrogens is 620 g/mol. The van der Waals surface area contributed by atoms with Crippen LogP contribution in [0.25, 0.3) is 0 Å². The van der Waals surface area contributed by atoms with Crippen LogP contribution >= 0.6 is 0 Å². The minimum absolute atomic E-state index is 0.0216. The van der Waals surface area contributed by atoms with Gasteiger partial charge in [-0.15, -0.1) is 0 Å². The standard InChI is InChI=1S/C37H43F2N3O6/c1-3-47-35(45)37-18-25(37)11-7-5-4-6-8-13-31(40-27-15-23(2)14-26(38)16-27)34(44)42-21-28(17-32(42)33(43)19-37)48-36(46)41-20-24-10-9-12-30(39)29(24)22-41/h7,9-12,14-16,25,28,31-32,40H,3-6,8,13,17-22H2,1-2H3/b11-7-/t25-,28+,31-,32-,37+/m0/s1. The van der Waals surface area contributed by atoms with E-state index in [2.05, 4.69) is 11.4 Å². The number of fused-ring (bicyclic) bond motifs is 3. The van der Waals surface area contributed by atoms with E-state index in [4.69, 9.17) is 9.47 Å². The maximum atomic E-state index is 14.4. The van der Waals surface area contributed by atoms with E-state index < -0.39 is 41.5 Å². The van der Waals surface area contributed by atoms with Gasteiger partial charge in [-0.1, -0.05) is 37.1 Å². The molecule has 1 saturated heterocycles. The number of nitrogens with zero attached hydrogens (tertiary/aromatic N) is 2. The maximum Gasteiger partial charge on any atom is 0.410 e. The van der Waals surface area contributed by atoms with Crippen LogP contribution in [0.2, 0.25) is 0 Å². The van der Waals surface area contributed by atoms with E-state index in [0.29, 0.717) is 35.2 Å². The summed E-state index contributed by atoms with van der Waals surface area (Å²) in [5.41, 5.74) is 1.31. The highest BCUT2D eigenvalue weighted by atomic mass is 19.1. The monoisotopic (exact) mass is 663 g/mol. The first-order chi connectivity index (χ1) is 23.1. The van der Waals surface area contributed by atoms with E-state index in [1.807, 2.05) is 6.08 Å². The normalized spacial score (nSPS) is 28.0. The number of carbonyl (C=O) groups is 4. The predicted molar refractivity (Wildman–Crippen MR) is 174 cm³/mol. The van der Waals surface area contributed by atoms with Gasteiger partial charge in [-0.25, -0.2) is 13.6 Å². The molecule has 1 aliphatic carbocycles. The van der Waals surface area contributed by atoms with Crippen LogP contribution in [0.4, 0.5) is 19.3 Å². The molecule has 0 radical (unpaired) electrons. The van der Waals surface area contributed by atoms with Gasteiger partial charge in [0.05, 0.1) is 31.2 Å². The number of ether oxygens (including phenoxy) is 2. The Balaban J connectivity index is 1.26. The van der Waals surface area contributed by atoms with Crippen LogP contribution in [-0.2, 0) is 36.9 Å². The summed E-state index contributed by atoms with van der Waals surface area (Å²) in [4.78, 5) is 58.0. The van der Waals surface area contributed by atoms with Gasteiger partial charge in [-0.2, -0.15) is 0 Å². The third kappa shape index (κ3) is 7.10. The van der Waals surface area contributed by atoms with Gasteiger partial charge >= 0.3 is 12.1 Å². The number of hydrogen-bond donors (Lipinski definition) is 1. The summed E-state index contributed by atoms with van der Waals surface area (Å²) in [6.45, 7) is 3.92. The highest BCUT2D eigenvalue weighted by Crippen LogP contribution is 2.57. The zero-order valence-corrected chi connectivity index (χ0v) is 27.5. The average molecular weight is 664 g/mol. The van der Waals surface area contributed by atoms with Crippen molar-refractivity contribution < 1.29 is 37.4 Å². The van der Waals surface area contributed by atoms with Crippen molar-refractivity contribution in [2.24, 2.45) is 11.3 Å². The fourth-order valence-electron chi connectivity index (χ4n) is 7.48. The van der Waals surface area contributed by atoms with Crippen LogP contribution in [0.3, 0.4) is 0 Å². The number of anilines is 1. The first kappa shape index (κ1) is 33.6. The molecule has 0 unspecified atom stereocenters. The smallest absolute Gasteiger partial charge is 0.410 e. The number of halogens is 2. The molecule has 2 aromatic carbocycles. The molecule has 5 atom stereocenters. The van der Waals surface area contributed by atoms with Crippen molar-refractivity contribution >= 4 is 29.4 Å². The zero-order valence-electron chi connectivity index (χ0n) is 27.5. The lowest BCUT2D eigenvalue weighted by molar-refractivity contribution is -0.152. The third-order valence-corrected chi connectivity index (χ3v) is 10.1. The molecule has 3 heterocycles. The van der Waals surface area contributed by atoms with Gasteiger partial charge in [-0.3, -0.25) is 19.3 Å². The molecule has 4 aliphatic rings. The largest absolute Gasteiger partial charge is 0.466 e. The molecule has 1 N–H and O–H groups in total. The SMILES string of the molecule is CCOC(=O)[C@]12CC(=O)[C@@H]3C[C@@H](OC(=O)N4Cc5cccc(F)c5C4)CN3C(=O)[C@@H](Nc3cc(C)cc(F)c3)CCCCC/C=C\[C@H]1C2. The van der Waals surface area contributed by atoms with Crippen molar-refractivity contribution in [2.75, 3.05) is 18.5 Å². The molecule has 256 valence electrons. The van der Waals surface area contributed by atoms with Crippen molar-refractivity contribution in [3.63, 3.8) is 0 Å². The maximum absolute atomic E-state index is 14.4. The molecule has 48 heavy (non-hydrogen) atoms. The summed E-state index contributed by atoms with van der Waals surface area (Å²) in [5.74, 6) is -2.01. The van der Waals surface area contributed by atoms with Crippen molar-refractivity contribution in [1.29, 1.82) is 0 Å². The number of Topliss-reactive ketones (excluding diaryl/α,β-unsaturated/α-hetero) is 1. The number of nitrogens with one attached hydrogen (secondary N) is 1. The van der Waals surface area contributed by atoms with Crippen LogP contribution in [0.5, 0.6) is 0 Å². The van der Waals surface area contributed by atoms with Gasteiger partial charge in [0.2, 0.25) is 5.91 Å². The van der Waals surface area contributed by atoms with Crippen LogP contribution in [0.15, 0.2) is 48.6 Å². The molecule has 11 heteroatoms. The van der Waals surface area contributed by atoms with Gasteiger partial charge in [0.25, 0.3) is 0 Å². The van der Waals surface area contributed by atoms with Gasteiger partial charge in [0, 0.05) is 30.6 Å². The number of amides is 2. The lowest BCUT2D eigenvalue weighted by Crippen LogP contribution is -2.48. The molecule has 2 aromatic rings. The molecule has 1 saturated carbocycles. The van der Waals surface area contributed by atoms with E-state index in [9.17, 15) is 28.0 Å². The minimum atomic E-state index is -0.991. The second-order valence-electron chi connectivity index (χ2n) is 13.6. The second kappa shape index (κ2) is 14.1. The van der Waals surface area contributed by atoms with Crippen molar-refractivity contribution in [1.82, 2.24) is 9.80 Å². The number of rotatable bonds is 5. The van der Waals surface area contributed by atoms with E-state index in [1.54, 1.807) is 32.0 Å². The predicted octanol–water partition coefficient (Wildman–Crippen LogP) is 6.22. The van der Waals surface area contributed by atoms with Gasteiger partial charge in [0.1, 0.15) is 23.8 Å². The molecule has 0 bridgehead atoms. The average Bonchev–Trinajstić information content (AvgIpc) is 3.33. The highest BCUT2D eigenvalue weighted by molar-refractivity contribution is 5.96. The Morgan fingerprint density at radius 1 is 1.08 bits per heavy atom. The molecular formula is C37H43F2N3O6. The third-order valence-electron chi connectivity index (χ3n) is 10.1. The summed E-state index contributed by atoms with van der Waals surface area (Å²) < 4.78 is 40.0. The minimum Gasteiger partial charge on any atom is -0.466 e.